The van der Waals surface area contributed by atoms with Gasteiger partial charge in [0.15, 0.2) is 0 Å². The third kappa shape index (κ3) is 2.86. The third-order valence-corrected chi connectivity index (χ3v) is 4.70. The van der Waals surface area contributed by atoms with Gasteiger partial charge in [-0.2, -0.15) is 5.10 Å². The van der Waals surface area contributed by atoms with Gasteiger partial charge in [0.25, 0.3) is 5.91 Å². The molecule has 132 valence electrons. The minimum atomic E-state index is -0.0489. The number of ether oxygens (including phenoxy) is 1. The number of anilines is 1. The van der Waals surface area contributed by atoms with Crippen LogP contribution in [0.3, 0.4) is 0 Å². The average molecular weight is 347 g/mol. The van der Waals surface area contributed by atoms with Gasteiger partial charge in [0.2, 0.25) is 0 Å². The van der Waals surface area contributed by atoms with E-state index in [0.29, 0.717) is 12.3 Å². The molecule has 1 N–H and O–H groups in total. The molecule has 2 aromatic carbocycles. The SMILES string of the molecule is CCOc1ccc(-c2cc(C(=O)N3c4ccccc4CC3C)[nH]n2)cc1. The van der Waals surface area contributed by atoms with Gasteiger partial charge < -0.3 is 9.64 Å². The fraction of sp³-hybridized carbons (Fsp3) is 0.238. The van der Waals surface area contributed by atoms with Crippen molar-refractivity contribution in [1.29, 1.82) is 0 Å². The van der Waals surface area contributed by atoms with Crippen molar-refractivity contribution in [3.05, 3.63) is 65.9 Å². The monoisotopic (exact) mass is 347 g/mol. The Bertz CT molecular complexity index is 930. The van der Waals surface area contributed by atoms with E-state index in [9.17, 15) is 4.79 Å². The molecule has 5 heteroatoms. The zero-order valence-electron chi connectivity index (χ0n) is 14.9. The van der Waals surface area contributed by atoms with Gasteiger partial charge >= 0.3 is 0 Å². The maximum Gasteiger partial charge on any atom is 0.276 e. The maximum atomic E-state index is 13.0. The van der Waals surface area contributed by atoms with Crippen molar-refractivity contribution in [2.75, 3.05) is 11.5 Å². The van der Waals surface area contributed by atoms with E-state index in [-0.39, 0.29) is 11.9 Å². The van der Waals surface area contributed by atoms with Gasteiger partial charge in [-0.25, -0.2) is 0 Å². The molecule has 0 saturated carbocycles. The molecule has 0 bridgehead atoms. The highest BCUT2D eigenvalue weighted by atomic mass is 16.5. The summed E-state index contributed by atoms with van der Waals surface area (Å²) in [5.74, 6) is 0.776. The molecule has 2 heterocycles. The Hall–Kier alpha value is -3.08. The van der Waals surface area contributed by atoms with E-state index in [1.807, 2.05) is 60.4 Å². The Labute approximate surface area is 152 Å². The van der Waals surface area contributed by atoms with Crippen molar-refractivity contribution in [3.63, 3.8) is 0 Å². The second-order valence-corrected chi connectivity index (χ2v) is 6.48. The first-order valence-corrected chi connectivity index (χ1v) is 8.87. The number of fused-ring (bicyclic) bond motifs is 1. The summed E-state index contributed by atoms with van der Waals surface area (Å²) in [7, 11) is 0. The lowest BCUT2D eigenvalue weighted by atomic mass is 10.1. The van der Waals surface area contributed by atoms with Crippen LogP contribution in [0, 0.1) is 0 Å². The molecule has 3 aromatic rings. The van der Waals surface area contributed by atoms with Gasteiger partial charge in [-0.1, -0.05) is 18.2 Å². The molecule has 0 fully saturated rings. The predicted octanol–water partition coefficient (Wildman–Crippen LogP) is 4.07. The zero-order chi connectivity index (χ0) is 18.1. The van der Waals surface area contributed by atoms with E-state index in [1.165, 1.54) is 5.56 Å². The molecule has 0 spiro atoms. The number of carbonyl (C=O) groups excluding carboxylic acids is 1. The first-order valence-electron chi connectivity index (χ1n) is 8.87. The molecule has 0 aliphatic carbocycles. The van der Waals surface area contributed by atoms with Crippen LogP contribution in [0.4, 0.5) is 5.69 Å². The molecule has 0 radical (unpaired) electrons. The van der Waals surface area contributed by atoms with Crippen LogP contribution in [-0.2, 0) is 6.42 Å². The van der Waals surface area contributed by atoms with Crippen LogP contribution in [0.1, 0.15) is 29.9 Å². The van der Waals surface area contributed by atoms with Crippen LogP contribution in [0.25, 0.3) is 11.3 Å². The molecule has 1 aliphatic rings. The van der Waals surface area contributed by atoms with E-state index in [4.69, 9.17) is 4.74 Å². The summed E-state index contributed by atoms with van der Waals surface area (Å²) >= 11 is 0. The molecule has 26 heavy (non-hydrogen) atoms. The lowest BCUT2D eigenvalue weighted by molar-refractivity contribution is 0.0976. The van der Waals surface area contributed by atoms with Crippen molar-refractivity contribution in [2.24, 2.45) is 0 Å². The predicted molar refractivity (Wildman–Crippen MR) is 102 cm³/mol. The molecule has 0 saturated heterocycles. The highest BCUT2D eigenvalue weighted by Gasteiger charge is 2.32. The number of rotatable bonds is 4. The van der Waals surface area contributed by atoms with Crippen LogP contribution in [0.15, 0.2) is 54.6 Å². The highest BCUT2D eigenvalue weighted by molar-refractivity contribution is 6.07. The van der Waals surface area contributed by atoms with Crippen molar-refractivity contribution >= 4 is 11.6 Å². The summed E-state index contributed by atoms with van der Waals surface area (Å²) in [6.07, 6.45) is 0.877. The fourth-order valence-corrected chi connectivity index (χ4v) is 3.47. The van der Waals surface area contributed by atoms with Gasteiger partial charge in [0, 0.05) is 17.3 Å². The first kappa shape index (κ1) is 16.4. The number of hydrogen-bond acceptors (Lipinski definition) is 3. The molecule has 5 nitrogen and oxygen atoms in total. The topological polar surface area (TPSA) is 58.2 Å². The van der Waals surface area contributed by atoms with Gasteiger partial charge in [0.05, 0.1) is 12.3 Å². The van der Waals surface area contributed by atoms with Crippen molar-refractivity contribution in [2.45, 2.75) is 26.3 Å². The summed E-state index contributed by atoms with van der Waals surface area (Å²) in [6.45, 7) is 4.66. The van der Waals surface area contributed by atoms with Crippen LogP contribution in [-0.4, -0.2) is 28.8 Å². The van der Waals surface area contributed by atoms with Crippen molar-refractivity contribution in [1.82, 2.24) is 10.2 Å². The number of hydrogen-bond donors (Lipinski definition) is 1. The van der Waals surface area contributed by atoms with Gasteiger partial charge in [-0.05, 0) is 62.2 Å². The molecule has 1 aliphatic heterocycles. The Morgan fingerprint density at radius 2 is 2.00 bits per heavy atom. The molecular formula is C21H21N3O2. The zero-order valence-corrected chi connectivity index (χ0v) is 14.9. The van der Waals surface area contributed by atoms with E-state index < -0.39 is 0 Å². The van der Waals surface area contributed by atoms with Gasteiger partial charge in [0.1, 0.15) is 11.4 Å². The smallest absolute Gasteiger partial charge is 0.276 e. The molecule has 1 unspecified atom stereocenters. The quantitative estimate of drug-likeness (QED) is 0.774. The molecule has 1 amide bonds. The summed E-state index contributed by atoms with van der Waals surface area (Å²) in [5.41, 5.74) is 4.38. The van der Waals surface area contributed by atoms with E-state index in [2.05, 4.69) is 23.2 Å². The standard InChI is InChI=1S/C21H21N3O2/c1-3-26-17-10-8-15(9-11-17)18-13-19(23-22-18)21(25)24-14(2)12-16-6-4-5-7-20(16)24/h4-11,13-14H,3,12H2,1-2H3,(H,22,23). The van der Waals surface area contributed by atoms with Gasteiger partial charge in [-0.3, -0.25) is 9.89 Å². The van der Waals surface area contributed by atoms with Crippen molar-refractivity contribution in [3.8, 4) is 17.0 Å². The van der Waals surface area contributed by atoms with Crippen molar-refractivity contribution < 1.29 is 9.53 Å². The van der Waals surface area contributed by atoms with E-state index >= 15 is 0 Å². The second-order valence-electron chi connectivity index (χ2n) is 6.48. The minimum Gasteiger partial charge on any atom is -0.494 e. The number of para-hydroxylation sites is 1. The minimum absolute atomic E-state index is 0.0489. The molecule has 4 rings (SSSR count). The summed E-state index contributed by atoms with van der Waals surface area (Å²) in [6, 6.07) is 17.7. The van der Waals surface area contributed by atoms with Gasteiger partial charge in [-0.15, -0.1) is 0 Å². The lowest BCUT2D eigenvalue weighted by Gasteiger charge is -2.21. The number of benzene rings is 2. The fourth-order valence-electron chi connectivity index (χ4n) is 3.47. The summed E-state index contributed by atoms with van der Waals surface area (Å²) < 4.78 is 5.46. The number of aromatic amines is 1. The Morgan fingerprint density at radius 1 is 1.23 bits per heavy atom. The van der Waals surface area contributed by atoms with E-state index in [0.717, 1.165) is 29.1 Å². The number of carbonyl (C=O) groups is 1. The number of H-pyrrole nitrogens is 1. The molecule has 1 aromatic heterocycles. The number of amides is 1. The van der Waals surface area contributed by atoms with E-state index in [1.54, 1.807) is 0 Å². The van der Waals surface area contributed by atoms with Crippen LogP contribution >= 0.6 is 0 Å². The third-order valence-electron chi connectivity index (χ3n) is 4.70. The highest BCUT2D eigenvalue weighted by Crippen LogP contribution is 2.33. The summed E-state index contributed by atoms with van der Waals surface area (Å²) in [4.78, 5) is 14.9. The van der Waals surface area contributed by atoms with Crippen LogP contribution in [0.5, 0.6) is 5.75 Å². The van der Waals surface area contributed by atoms with Crippen LogP contribution < -0.4 is 9.64 Å². The first-order chi connectivity index (χ1) is 12.7. The maximum absolute atomic E-state index is 13.0. The molecular weight excluding hydrogens is 326 g/mol. The second kappa shape index (κ2) is 6.67. The lowest BCUT2D eigenvalue weighted by Crippen LogP contribution is -2.35. The number of nitrogens with one attached hydrogen (secondary N) is 1. The summed E-state index contributed by atoms with van der Waals surface area (Å²) in [5, 5.41) is 7.22. The number of nitrogens with zero attached hydrogens (tertiary/aromatic N) is 2. The Kier molecular flexibility index (Phi) is 4.21. The number of aromatic nitrogens is 2. The Balaban J connectivity index is 1.59. The largest absolute Gasteiger partial charge is 0.494 e. The Morgan fingerprint density at radius 3 is 2.77 bits per heavy atom. The normalized spacial score (nSPS) is 15.8. The molecule has 1 atom stereocenters. The van der Waals surface area contributed by atoms with Crippen LogP contribution in [0.2, 0.25) is 0 Å². The average Bonchev–Trinajstić information content (AvgIpc) is 3.26.